The quantitative estimate of drug-likeness (QED) is 0.722. The predicted molar refractivity (Wildman–Crippen MR) is 113 cm³/mol. The van der Waals surface area contributed by atoms with E-state index in [0.717, 1.165) is 12.1 Å². The summed E-state index contributed by atoms with van der Waals surface area (Å²) in [5.41, 5.74) is 1.63. The third kappa shape index (κ3) is 4.53. The first kappa shape index (κ1) is 21.1. The van der Waals surface area contributed by atoms with Crippen LogP contribution in [0.5, 0.6) is 17.2 Å². The van der Waals surface area contributed by atoms with Crippen LogP contribution in [-0.2, 0) is 0 Å². The highest BCUT2D eigenvalue weighted by Gasteiger charge is 2.34. The number of benzene rings is 1. The van der Waals surface area contributed by atoms with Crippen molar-refractivity contribution in [1.29, 1.82) is 0 Å². The summed E-state index contributed by atoms with van der Waals surface area (Å²) in [6.45, 7) is 0.792. The average Bonchev–Trinajstić information content (AvgIpc) is 2.77. The van der Waals surface area contributed by atoms with Crippen LogP contribution in [0.4, 0.5) is 5.95 Å². The Morgan fingerprint density at radius 1 is 1.00 bits per heavy atom. The summed E-state index contributed by atoms with van der Waals surface area (Å²) >= 11 is 0. The van der Waals surface area contributed by atoms with Crippen LogP contribution in [0.3, 0.4) is 0 Å². The van der Waals surface area contributed by atoms with Gasteiger partial charge in [0, 0.05) is 17.6 Å². The van der Waals surface area contributed by atoms with Gasteiger partial charge < -0.3 is 24.4 Å². The topological polar surface area (TPSA) is 81.6 Å². The molecule has 1 saturated carbocycles. The Morgan fingerprint density at radius 2 is 1.66 bits per heavy atom. The van der Waals surface area contributed by atoms with E-state index < -0.39 is 0 Å². The molecule has 0 aliphatic heterocycles. The third-order valence-corrected chi connectivity index (χ3v) is 5.83. The minimum Gasteiger partial charge on any atom is -0.493 e. The molecule has 0 saturated heterocycles. The van der Waals surface area contributed by atoms with E-state index in [0.29, 0.717) is 28.9 Å². The number of nitrogens with zero attached hydrogens (tertiary/aromatic N) is 4. The van der Waals surface area contributed by atoms with Gasteiger partial charge in [0.15, 0.2) is 11.5 Å². The number of hydrogen-bond donors (Lipinski definition) is 1. The van der Waals surface area contributed by atoms with Crippen LogP contribution >= 0.6 is 0 Å². The highest BCUT2D eigenvalue weighted by molar-refractivity contribution is 5.68. The molecule has 3 rings (SSSR count). The van der Waals surface area contributed by atoms with Gasteiger partial charge in [0.2, 0.25) is 11.7 Å². The van der Waals surface area contributed by atoms with E-state index in [4.69, 9.17) is 14.2 Å². The number of aromatic nitrogens is 3. The molecule has 1 aromatic carbocycles. The van der Waals surface area contributed by atoms with Crippen LogP contribution in [0, 0.1) is 0 Å². The van der Waals surface area contributed by atoms with Gasteiger partial charge in [-0.25, -0.2) is 4.98 Å². The Hall–Kier alpha value is -2.61. The Balaban J connectivity index is 1.84. The first-order valence-corrected chi connectivity index (χ1v) is 9.94. The van der Waals surface area contributed by atoms with Crippen molar-refractivity contribution in [2.45, 2.75) is 37.6 Å². The van der Waals surface area contributed by atoms with Gasteiger partial charge in [-0.1, -0.05) is 19.3 Å². The van der Waals surface area contributed by atoms with Gasteiger partial charge in [0.1, 0.15) is 0 Å². The number of nitrogens with one attached hydrogen (secondary N) is 1. The van der Waals surface area contributed by atoms with Gasteiger partial charge in [-0.05, 0) is 39.1 Å². The van der Waals surface area contributed by atoms with Crippen molar-refractivity contribution in [1.82, 2.24) is 20.1 Å². The molecule has 1 aliphatic rings. The van der Waals surface area contributed by atoms with Gasteiger partial charge in [0.05, 0.1) is 33.2 Å². The highest BCUT2D eigenvalue weighted by atomic mass is 16.5. The zero-order chi connectivity index (χ0) is 20.9. The van der Waals surface area contributed by atoms with Crippen molar-refractivity contribution in [3.8, 4) is 28.5 Å². The van der Waals surface area contributed by atoms with E-state index in [1.54, 1.807) is 27.5 Å². The lowest BCUT2D eigenvalue weighted by Crippen LogP contribution is -2.51. The van der Waals surface area contributed by atoms with Crippen LogP contribution < -0.4 is 19.5 Å². The largest absolute Gasteiger partial charge is 0.493 e. The summed E-state index contributed by atoms with van der Waals surface area (Å²) in [7, 11) is 9.07. The number of anilines is 1. The van der Waals surface area contributed by atoms with Crippen LogP contribution in [0.1, 0.15) is 32.1 Å². The van der Waals surface area contributed by atoms with Gasteiger partial charge in [-0.3, -0.25) is 0 Å². The monoisotopic (exact) mass is 401 g/mol. The molecule has 0 atom stereocenters. The van der Waals surface area contributed by atoms with Crippen LogP contribution in [0.25, 0.3) is 11.3 Å². The lowest BCUT2D eigenvalue weighted by molar-refractivity contribution is 0.113. The lowest BCUT2D eigenvalue weighted by atomic mass is 9.80. The number of rotatable bonds is 8. The first-order valence-electron chi connectivity index (χ1n) is 9.94. The Bertz CT molecular complexity index is 797. The smallest absolute Gasteiger partial charge is 0.243 e. The van der Waals surface area contributed by atoms with Crippen LogP contribution in [-0.4, -0.2) is 67.6 Å². The average molecular weight is 402 g/mol. The molecule has 2 aromatic rings. The van der Waals surface area contributed by atoms with E-state index in [2.05, 4.69) is 39.5 Å². The van der Waals surface area contributed by atoms with Gasteiger partial charge in [-0.2, -0.15) is 5.10 Å². The molecule has 1 N–H and O–H groups in total. The maximum atomic E-state index is 5.45. The number of likely N-dealkylation sites (N-methyl/N-ethyl adjacent to an activating group) is 1. The standard InChI is InChI=1S/C21H31N5O3/c1-26(2)21(9-7-6-8-10-21)14-22-20-24-16(13-23-25-20)15-11-17(27-3)19(29-5)18(12-15)28-4/h11-13H,6-10,14H2,1-5H3,(H,22,24,25). The van der Waals surface area contributed by atoms with E-state index in [-0.39, 0.29) is 5.54 Å². The molecule has 0 unspecified atom stereocenters. The Labute approximate surface area is 172 Å². The van der Waals surface area contributed by atoms with Crippen molar-refractivity contribution in [2.24, 2.45) is 0 Å². The number of ether oxygens (including phenoxy) is 3. The minimum absolute atomic E-state index is 0.129. The third-order valence-electron chi connectivity index (χ3n) is 5.83. The fraction of sp³-hybridized carbons (Fsp3) is 0.571. The molecule has 8 heteroatoms. The summed E-state index contributed by atoms with van der Waals surface area (Å²) in [5, 5.41) is 11.7. The zero-order valence-electron chi connectivity index (χ0n) is 18.0. The van der Waals surface area contributed by atoms with E-state index in [9.17, 15) is 0 Å². The van der Waals surface area contributed by atoms with Crippen molar-refractivity contribution in [2.75, 3.05) is 47.3 Å². The second-order valence-corrected chi connectivity index (χ2v) is 7.61. The van der Waals surface area contributed by atoms with Crippen LogP contribution in [0.2, 0.25) is 0 Å². The fourth-order valence-corrected chi connectivity index (χ4v) is 3.98. The van der Waals surface area contributed by atoms with Crippen molar-refractivity contribution in [3.63, 3.8) is 0 Å². The fourth-order valence-electron chi connectivity index (χ4n) is 3.98. The molecule has 0 bridgehead atoms. The van der Waals surface area contributed by atoms with Crippen molar-refractivity contribution in [3.05, 3.63) is 18.3 Å². The Kier molecular flexibility index (Phi) is 6.74. The summed E-state index contributed by atoms with van der Waals surface area (Å²) in [4.78, 5) is 7.00. The van der Waals surface area contributed by atoms with Gasteiger partial charge >= 0.3 is 0 Å². The second kappa shape index (κ2) is 9.26. The van der Waals surface area contributed by atoms with E-state index >= 15 is 0 Å². The molecule has 1 fully saturated rings. The Morgan fingerprint density at radius 3 is 2.21 bits per heavy atom. The minimum atomic E-state index is 0.129. The maximum Gasteiger partial charge on any atom is 0.243 e. The number of methoxy groups -OCH3 is 3. The molecule has 158 valence electrons. The lowest BCUT2D eigenvalue weighted by Gasteiger charge is -2.43. The molecule has 0 radical (unpaired) electrons. The van der Waals surface area contributed by atoms with Gasteiger partial charge in [0.25, 0.3) is 0 Å². The molecule has 8 nitrogen and oxygen atoms in total. The number of hydrogen-bond acceptors (Lipinski definition) is 8. The SMILES string of the molecule is COc1cc(-c2cnnc(NCC3(N(C)C)CCCCC3)n2)cc(OC)c1OC. The zero-order valence-corrected chi connectivity index (χ0v) is 18.0. The molecule has 1 aromatic heterocycles. The highest BCUT2D eigenvalue weighted by Crippen LogP contribution is 2.40. The summed E-state index contributed by atoms with van der Waals surface area (Å²) < 4.78 is 16.3. The molecule has 29 heavy (non-hydrogen) atoms. The van der Waals surface area contributed by atoms with Crippen LogP contribution in [0.15, 0.2) is 18.3 Å². The molecular formula is C21H31N5O3. The summed E-state index contributed by atoms with van der Waals surface area (Å²) in [6, 6.07) is 3.72. The second-order valence-electron chi connectivity index (χ2n) is 7.61. The normalized spacial score (nSPS) is 15.8. The van der Waals surface area contributed by atoms with Crippen molar-refractivity contribution >= 4 is 5.95 Å². The molecule has 0 spiro atoms. The summed E-state index contributed by atoms with van der Waals surface area (Å²) in [5.74, 6) is 2.21. The summed E-state index contributed by atoms with van der Waals surface area (Å²) in [6.07, 6.45) is 7.80. The molecular weight excluding hydrogens is 370 g/mol. The molecule has 0 amide bonds. The van der Waals surface area contributed by atoms with E-state index in [1.807, 2.05) is 12.1 Å². The molecule has 1 aliphatic carbocycles. The first-order chi connectivity index (χ1) is 14.0. The predicted octanol–water partition coefficient (Wildman–Crippen LogP) is 3.24. The van der Waals surface area contributed by atoms with Gasteiger partial charge in [-0.15, -0.1) is 5.10 Å². The maximum absolute atomic E-state index is 5.45. The van der Waals surface area contributed by atoms with Crippen molar-refractivity contribution < 1.29 is 14.2 Å². The molecule has 1 heterocycles. The van der Waals surface area contributed by atoms with E-state index in [1.165, 1.54) is 32.1 Å².